The van der Waals surface area contributed by atoms with Gasteiger partial charge in [-0.05, 0) is 215 Å². The van der Waals surface area contributed by atoms with E-state index in [1.54, 1.807) is 12.4 Å². The molecule has 1 aliphatic carbocycles. The minimum Gasteiger partial charge on any atom is -0.309 e. The minimum atomic E-state index is -0.128. The molecular formula is C128H84N16. The van der Waals surface area contributed by atoms with Crippen molar-refractivity contribution in [1.29, 1.82) is 0 Å². The average molecular weight is 1850 g/mol. The lowest BCUT2D eigenvalue weighted by Crippen LogP contribution is -2.16. The van der Waals surface area contributed by atoms with Gasteiger partial charge in [0.05, 0.1) is 118 Å². The van der Waals surface area contributed by atoms with Crippen LogP contribution >= 0.6 is 0 Å². The van der Waals surface area contributed by atoms with E-state index in [0.29, 0.717) is 5.65 Å². The Morgan fingerprint density at radius 1 is 0.194 bits per heavy atom. The fraction of sp³-hybridized carbons (Fsp3) is 0.0234. The van der Waals surface area contributed by atoms with Crippen molar-refractivity contribution in [3.8, 4) is 152 Å². The highest BCUT2D eigenvalue weighted by atomic mass is 15.0. The SMILES string of the molecule is CC1(C)c2ccccc2-c2cccc(-c3cc(-c4ccc(-n5c6ccccc6c6cnccc65)cc4)nc(-c4ccccn4)c3)c21.c1ccc(-c2ccc3ccc(-c4cc(-c5ccc(-n6c7ccccc7c7cnccc76)cc5)nc(-c5ccccn5)c4)nc3n2)cc1.c1ccc(-c2ccc3ccc4ccc(-c5cc(-c6ccc(-n7c8ccccc8c8cnccc87)cc6)nc(-c6ccccn6)c5)nc4c3n2)cc1. The molecule has 0 saturated heterocycles. The normalized spacial score (nSPS) is 12.0. The van der Waals surface area contributed by atoms with Gasteiger partial charge in [0.1, 0.15) is 0 Å². The zero-order valence-electron chi connectivity index (χ0n) is 78.2. The highest BCUT2D eigenvalue weighted by Gasteiger charge is 2.38. The van der Waals surface area contributed by atoms with Crippen molar-refractivity contribution in [2.45, 2.75) is 19.3 Å². The summed E-state index contributed by atoms with van der Waals surface area (Å²) in [7, 11) is 0. The van der Waals surface area contributed by atoms with E-state index in [2.05, 4.69) is 373 Å². The summed E-state index contributed by atoms with van der Waals surface area (Å²) in [5.74, 6) is 0. The Labute approximate surface area is 828 Å². The molecule has 144 heavy (non-hydrogen) atoms. The van der Waals surface area contributed by atoms with E-state index < -0.39 is 0 Å². The van der Waals surface area contributed by atoms with Crippen LogP contribution in [0.25, 0.3) is 251 Å². The molecule has 11 aromatic carbocycles. The Hall–Kier alpha value is -19.5. The van der Waals surface area contributed by atoms with E-state index in [1.165, 1.54) is 44.0 Å². The van der Waals surface area contributed by atoms with Crippen LogP contribution in [-0.4, -0.2) is 78.5 Å². The molecule has 0 saturated carbocycles. The summed E-state index contributed by atoms with van der Waals surface area (Å²) in [4.78, 5) is 62.9. The summed E-state index contributed by atoms with van der Waals surface area (Å²) in [6.45, 7) is 4.68. The smallest absolute Gasteiger partial charge is 0.160 e. The van der Waals surface area contributed by atoms with Crippen LogP contribution < -0.4 is 0 Å². The molecule has 0 bridgehead atoms. The fourth-order valence-corrected chi connectivity index (χ4v) is 20.8. The monoisotopic (exact) mass is 1840 g/mol. The summed E-state index contributed by atoms with van der Waals surface area (Å²) in [6.07, 6.45) is 16.8. The summed E-state index contributed by atoms with van der Waals surface area (Å²) in [5.41, 5.74) is 38.2. The van der Waals surface area contributed by atoms with Crippen molar-refractivity contribution < 1.29 is 0 Å². The summed E-state index contributed by atoms with van der Waals surface area (Å²) in [5, 5.41) is 10.1. The molecule has 0 fully saturated rings. The third-order valence-electron chi connectivity index (χ3n) is 27.6. The number of para-hydroxylation sites is 3. The topological polar surface area (TPSA) is 182 Å². The maximum atomic E-state index is 5.26. The van der Waals surface area contributed by atoms with Crippen LogP contribution in [0, 0.1) is 0 Å². The Kier molecular flexibility index (Phi) is 21.2. The van der Waals surface area contributed by atoms with Crippen molar-refractivity contribution in [3.05, 3.63) is 485 Å². The van der Waals surface area contributed by atoms with E-state index in [-0.39, 0.29) is 5.41 Å². The molecule has 0 aliphatic heterocycles. The molecule has 0 N–H and O–H groups in total. The first-order valence-corrected chi connectivity index (χ1v) is 48.1. The molecule has 0 radical (unpaired) electrons. The molecule has 16 heterocycles. The van der Waals surface area contributed by atoms with E-state index in [1.807, 2.05) is 147 Å². The summed E-state index contributed by atoms with van der Waals surface area (Å²) in [6, 6.07) is 145. The quantitative estimate of drug-likeness (QED) is 0.0939. The number of hydrogen-bond donors (Lipinski definition) is 0. The van der Waals surface area contributed by atoms with Crippen molar-refractivity contribution in [3.63, 3.8) is 0 Å². The Bertz CT molecular complexity index is 9490. The molecule has 0 atom stereocenters. The van der Waals surface area contributed by atoms with Crippen molar-refractivity contribution >= 4 is 98.3 Å². The predicted molar refractivity (Wildman–Crippen MR) is 584 cm³/mol. The molecule has 16 nitrogen and oxygen atoms in total. The standard InChI is InChI=1S/C45H28N6.C42H30N4.C41H26N6/c1-2-8-29(9-3-1)37-21-17-31-13-14-32-18-22-38(50-45(32)44(31)49-37)33-26-40(48-41(27-33)39-11-6-7-24-47-39)30-15-19-34(20-16-30)51-42-12-5-4-10-35(42)36-28-46-25-23-43(36)51;1-42(2)35-14-5-3-10-31(35)33-13-9-12-30(41(33)42)28-24-37(45-38(25-28)36-15-7-8-22-44-36)27-17-19-29(20-18-27)46-39-16-6-4-11-32(39)34-26-43-23-21-40(34)46;1-2-8-27(9-3-1)34-19-15-29-16-20-35(46-41(29)45-34)30-24-37(44-38(25-30)36-11-6-7-22-43-36)28-13-17-31(18-14-28)47-39-12-5-4-10-32(39)33-26-42-23-21-40(33)47/h1-28H;3-26H,1-2H3;1-26H. The van der Waals surface area contributed by atoms with Crippen LogP contribution in [0.3, 0.4) is 0 Å². The van der Waals surface area contributed by atoms with Gasteiger partial charge in [-0.2, -0.15) is 0 Å². The van der Waals surface area contributed by atoms with E-state index >= 15 is 0 Å². The highest BCUT2D eigenvalue weighted by molar-refractivity contribution is 6.12. The highest BCUT2D eigenvalue weighted by Crippen LogP contribution is 2.53. The van der Waals surface area contributed by atoms with Crippen LogP contribution in [0.4, 0.5) is 0 Å². The van der Waals surface area contributed by atoms with Crippen molar-refractivity contribution in [2.75, 3.05) is 0 Å². The Morgan fingerprint density at radius 2 is 0.514 bits per heavy atom. The first-order valence-electron chi connectivity index (χ1n) is 48.1. The van der Waals surface area contributed by atoms with Gasteiger partial charge < -0.3 is 13.7 Å². The first kappa shape index (κ1) is 85.0. The van der Waals surface area contributed by atoms with Gasteiger partial charge >= 0.3 is 0 Å². The van der Waals surface area contributed by atoms with Gasteiger partial charge in [0.25, 0.3) is 0 Å². The molecular weight excluding hydrogens is 1760 g/mol. The second kappa shape index (κ2) is 35.8. The Morgan fingerprint density at radius 3 is 0.938 bits per heavy atom. The third-order valence-corrected chi connectivity index (χ3v) is 27.6. The van der Waals surface area contributed by atoms with Crippen molar-refractivity contribution in [2.24, 2.45) is 0 Å². The van der Waals surface area contributed by atoms with Gasteiger partial charge in [0.15, 0.2) is 5.65 Å². The molecule has 676 valence electrons. The van der Waals surface area contributed by atoms with Gasteiger partial charge in [-0.3, -0.25) is 29.9 Å². The van der Waals surface area contributed by atoms with Gasteiger partial charge in [-0.15, -0.1) is 0 Å². The van der Waals surface area contributed by atoms with Gasteiger partial charge in [-0.25, -0.2) is 34.9 Å². The molecule has 1 aliphatic rings. The second-order valence-corrected chi connectivity index (χ2v) is 36.6. The van der Waals surface area contributed by atoms with Gasteiger partial charge in [0.2, 0.25) is 0 Å². The van der Waals surface area contributed by atoms with Gasteiger partial charge in [-0.1, -0.05) is 250 Å². The maximum Gasteiger partial charge on any atom is 0.160 e. The molecule has 0 amide bonds. The van der Waals surface area contributed by atoms with E-state index in [9.17, 15) is 0 Å². The zero-order chi connectivity index (χ0) is 95.7. The number of fused-ring (bicyclic) bond motifs is 16. The Balaban J connectivity index is 0.000000110. The third kappa shape index (κ3) is 15.4. The zero-order valence-corrected chi connectivity index (χ0v) is 78.2. The van der Waals surface area contributed by atoms with Crippen LogP contribution in [0.5, 0.6) is 0 Å². The van der Waals surface area contributed by atoms with Gasteiger partial charge in [0, 0.05) is 166 Å². The molecule has 27 aromatic rings. The number of pyridine rings is 13. The molecule has 0 spiro atoms. The number of aromatic nitrogens is 16. The number of hydrogen-bond acceptors (Lipinski definition) is 13. The lowest BCUT2D eigenvalue weighted by atomic mass is 9.78. The van der Waals surface area contributed by atoms with Crippen LogP contribution in [-0.2, 0) is 5.41 Å². The van der Waals surface area contributed by atoms with E-state index in [4.69, 9.17) is 34.9 Å². The lowest BCUT2D eigenvalue weighted by molar-refractivity contribution is 0.662. The average Bonchev–Trinajstić information content (AvgIpc) is 1.56. The number of benzene rings is 11. The minimum absolute atomic E-state index is 0.128. The molecule has 16 heteroatoms. The molecule has 28 rings (SSSR count). The van der Waals surface area contributed by atoms with Crippen molar-refractivity contribution in [1.82, 2.24) is 78.5 Å². The van der Waals surface area contributed by atoms with Crippen LogP contribution in [0.15, 0.2) is 474 Å². The largest absolute Gasteiger partial charge is 0.309 e. The summed E-state index contributed by atoms with van der Waals surface area (Å²) >= 11 is 0. The van der Waals surface area contributed by atoms with Crippen LogP contribution in [0.1, 0.15) is 25.0 Å². The number of rotatable bonds is 14. The summed E-state index contributed by atoms with van der Waals surface area (Å²) < 4.78 is 6.89. The molecule has 16 aromatic heterocycles. The lowest BCUT2D eigenvalue weighted by Gasteiger charge is -2.25. The van der Waals surface area contributed by atoms with E-state index in [0.717, 1.165) is 212 Å². The first-order chi connectivity index (χ1) is 71.1. The van der Waals surface area contributed by atoms with Crippen LogP contribution in [0.2, 0.25) is 0 Å². The maximum absolute atomic E-state index is 5.26. The molecule has 0 unspecified atom stereocenters. The second-order valence-electron chi connectivity index (χ2n) is 36.6. The fourth-order valence-electron chi connectivity index (χ4n) is 20.8. The predicted octanol–water partition coefficient (Wildman–Crippen LogP) is 30.6. The number of nitrogens with zero attached hydrogens (tertiary/aromatic N) is 16.